The maximum atomic E-state index is 12.4. The van der Waals surface area contributed by atoms with Crippen LogP contribution in [0.3, 0.4) is 0 Å². The molecule has 1 aliphatic heterocycles. The number of nitrogens with zero attached hydrogens (tertiary/aromatic N) is 1. The third-order valence-corrected chi connectivity index (χ3v) is 4.02. The van der Waals surface area contributed by atoms with Gasteiger partial charge in [-0.3, -0.25) is 9.59 Å². The molecule has 0 unspecified atom stereocenters. The molecule has 4 heteroatoms. The first-order valence-corrected chi connectivity index (χ1v) is 6.85. The molecule has 1 amide bonds. The van der Waals surface area contributed by atoms with Gasteiger partial charge in [0.15, 0.2) is 11.2 Å². The third-order valence-electron chi connectivity index (χ3n) is 4.02. The molecule has 0 bridgehead atoms. The Hall–Kier alpha value is -1.58. The van der Waals surface area contributed by atoms with Crippen molar-refractivity contribution in [3.05, 3.63) is 33.9 Å². The molecule has 2 rings (SSSR count). The highest BCUT2D eigenvalue weighted by Crippen LogP contribution is 2.33. The molecule has 1 aromatic rings. The van der Waals surface area contributed by atoms with E-state index in [1.165, 1.54) is 12.1 Å². The number of carbonyl (C=O) groups is 1. The molecular weight excluding hydrogens is 242 g/mol. The van der Waals surface area contributed by atoms with Crippen LogP contribution in [0.1, 0.15) is 49.4 Å². The average molecular weight is 263 g/mol. The zero-order valence-corrected chi connectivity index (χ0v) is 11.9. The number of hydrogen-bond acceptors (Lipinski definition) is 3. The highest BCUT2D eigenvalue weighted by atomic mass is 16.3. The van der Waals surface area contributed by atoms with Crippen molar-refractivity contribution in [3.63, 3.8) is 0 Å². The molecular formula is C15H21NO3. The van der Waals surface area contributed by atoms with E-state index in [-0.39, 0.29) is 22.5 Å². The van der Waals surface area contributed by atoms with Crippen LogP contribution in [0.25, 0.3) is 0 Å². The molecule has 0 radical (unpaired) electrons. The maximum absolute atomic E-state index is 12.4. The summed E-state index contributed by atoms with van der Waals surface area (Å²) in [6, 6.07) is 2.68. The van der Waals surface area contributed by atoms with Crippen LogP contribution >= 0.6 is 0 Å². The molecule has 0 aliphatic carbocycles. The molecule has 1 aromatic heterocycles. The SMILES string of the molecule is CC[C@@]1(C)CCCN(C(=O)c2cc(=O)cc(C)o2)C1. The van der Waals surface area contributed by atoms with E-state index >= 15 is 0 Å². The van der Waals surface area contributed by atoms with E-state index in [1.807, 2.05) is 4.90 Å². The van der Waals surface area contributed by atoms with Gasteiger partial charge in [-0.25, -0.2) is 0 Å². The molecule has 0 aromatic carbocycles. The van der Waals surface area contributed by atoms with Crippen molar-refractivity contribution < 1.29 is 9.21 Å². The fourth-order valence-corrected chi connectivity index (χ4v) is 2.64. The minimum absolute atomic E-state index is 0.158. The van der Waals surface area contributed by atoms with Crippen LogP contribution in [0.4, 0.5) is 0 Å². The van der Waals surface area contributed by atoms with Crippen molar-refractivity contribution in [2.75, 3.05) is 13.1 Å². The van der Waals surface area contributed by atoms with Crippen LogP contribution in [0.15, 0.2) is 21.3 Å². The number of piperidine rings is 1. The summed E-state index contributed by atoms with van der Waals surface area (Å²) in [6.07, 6.45) is 3.20. The van der Waals surface area contributed by atoms with Crippen molar-refractivity contribution >= 4 is 5.91 Å². The lowest BCUT2D eigenvalue weighted by atomic mass is 9.79. The predicted molar refractivity (Wildman–Crippen MR) is 73.3 cm³/mol. The number of amides is 1. The Morgan fingerprint density at radius 3 is 2.84 bits per heavy atom. The van der Waals surface area contributed by atoms with Crippen LogP contribution in [0.2, 0.25) is 0 Å². The largest absolute Gasteiger partial charge is 0.456 e. The molecule has 0 saturated carbocycles. The number of aryl methyl sites for hydroxylation is 1. The minimum Gasteiger partial charge on any atom is -0.456 e. The Morgan fingerprint density at radius 1 is 1.47 bits per heavy atom. The van der Waals surface area contributed by atoms with Crippen molar-refractivity contribution in [2.24, 2.45) is 5.41 Å². The van der Waals surface area contributed by atoms with Crippen LogP contribution in [0, 0.1) is 12.3 Å². The molecule has 4 nitrogen and oxygen atoms in total. The second kappa shape index (κ2) is 5.19. The van der Waals surface area contributed by atoms with Crippen molar-refractivity contribution in [2.45, 2.75) is 40.0 Å². The Bertz CT molecular complexity index is 534. The van der Waals surface area contributed by atoms with Gasteiger partial charge in [0.2, 0.25) is 0 Å². The summed E-state index contributed by atoms with van der Waals surface area (Å²) < 4.78 is 5.38. The van der Waals surface area contributed by atoms with Crippen LogP contribution in [-0.2, 0) is 0 Å². The van der Waals surface area contributed by atoms with Gasteiger partial charge in [-0.05, 0) is 31.6 Å². The first kappa shape index (κ1) is 13.8. The number of carbonyl (C=O) groups excluding carboxylic acids is 1. The second-order valence-corrected chi connectivity index (χ2v) is 5.76. The maximum Gasteiger partial charge on any atom is 0.289 e. The van der Waals surface area contributed by atoms with E-state index in [4.69, 9.17) is 4.42 Å². The van der Waals surface area contributed by atoms with Crippen molar-refractivity contribution in [3.8, 4) is 0 Å². The molecule has 1 fully saturated rings. The van der Waals surface area contributed by atoms with Crippen LogP contribution < -0.4 is 5.43 Å². The van der Waals surface area contributed by atoms with Gasteiger partial charge in [0.25, 0.3) is 5.91 Å². The lowest BCUT2D eigenvalue weighted by Gasteiger charge is -2.39. The molecule has 2 heterocycles. The Morgan fingerprint density at radius 2 is 2.21 bits per heavy atom. The van der Waals surface area contributed by atoms with Crippen LogP contribution in [0.5, 0.6) is 0 Å². The van der Waals surface area contributed by atoms with E-state index in [2.05, 4.69) is 13.8 Å². The molecule has 1 saturated heterocycles. The fourth-order valence-electron chi connectivity index (χ4n) is 2.64. The van der Waals surface area contributed by atoms with Gasteiger partial charge in [0.1, 0.15) is 5.76 Å². The smallest absolute Gasteiger partial charge is 0.289 e. The Labute approximate surface area is 113 Å². The predicted octanol–water partition coefficient (Wildman–Crippen LogP) is 2.60. The highest BCUT2D eigenvalue weighted by molar-refractivity contribution is 5.91. The van der Waals surface area contributed by atoms with E-state index in [1.54, 1.807) is 6.92 Å². The van der Waals surface area contributed by atoms with E-state index in [0.29, 0.717) is 5.76 Å². The quantitative estimate of drug-likeness (QED) is 0.824. The lowest BCUT2D eigenvalue weighted by molar-refractivity contribution is 0.0509. The van der Waals surface area contributed by atoms with E-state index in [9.17, 15) is 9.59 Å². The lowest BCUT2D eigenvalue weighted by Crippen LogP contribution is -2.44. The van der Waals surface area contributed by atoms with Gasteiger partial charge in [0, 0.05) is 25.2 Å². The molecule has 1 aliphatic rings. The fraction of sp³-hybridized carbons (Fsp3) is 0.600. The molecule has 19 heavy (non-hydrogen) atoms. The number of rotatable bonds is 2. The molecule has 1 atom stereocenters. The number of hydrogen-bond donors (Lipinski definition) is 0. The van der Waals surface area contributed by atoms with Crippen molar-refractivity contribution in [1.82, 2.24) is 4.90 Å². The van der Waals surface area contributed by atoms with Gasteiger partial charge in [-0.15, -0.1) is 0 Å². The standard InChI is InChI=1S/C15H21NO3/c1-4-15(3)6-5-7-16(10-15)14(18)13-9-12(17)8-11(2)19-13/h8-9H,4-7,10H2,1-3H3/t15-/m0/s1. The summed E-state index contributed by atoms with van der Waals surface area (Å²) >= 11 is 0. The Balaban J connectivity index is 2.21. The zero-order chi connectivity index (χ0) is 14.0. The normalized spacial score (nSPS) is 23.4. The summed E-state index contributed by atoms with van der Waals surface area (Å²) in [7, 11) is 0. The third kappa shape index (κ3) is 3.06. The molecule has 104 valence electrons. The van der Waals surface area contributed by atoms with Gasteiger partial charge in [-0.1, -0.05) is 13.8 Å². The van der Waals surface area contributed by atoms with Gasteiger partial charge < -0.3 is 9.32 Å². The summed E-state index contributed by atoms with van der Waals surface area (Å²) in [5.74, 6) is 0.469. The van der Waals surface area contributed by atoms with Crippen LogP contribution in [-0.4, -0.2) is 23.9 Å². The van der Waals surface area contributed by atoms with Gasteiger partial charge in [-0.2, -0.15) is 0 Å². The average Bonchev–Trinajstić information content (AvgIpc) is 2.37. The van der Waals surface area contributed by atoms with Crippen molar-refractivity contribution in [1.29, 1.82) is 0 Å². The van der Waals surface area contributed by atoms with E-state index < -0.39 is 0 Å². The van der Waals surface area contributed by atoms with E-state index in [0.717, 1.165) is 32.4 Å². The van der Waals surface area contributed by atoms with Gasteiger partial charge in [0.05, 0.1) is 0 Å². The first-order valence-electron chi connectivity index (χ1n) is 6.85. The second-order valence-electron chi connectivity index (χ2n) is 5.76. The summed E-state index contributed by atoms with van der Waals surface area (Å²) in [5, 5.41) is 0. The summed E-state index contributed by atoms with van der Waals surface area (Å²) in [4.78, 5) is 25.7. The topological polar surface area (TPSA) is 50.5 Å². The molecule has 0 N–H and O–H groups in total. The summed E-state index contributed by atoms with van der Waals surface area (Å²) in [6.45, 7) is 7.52. The highest BCUT2D eigenvalue weighted by Gasteiger charge is 2.32. The zero-order valence-electron chi connectivity index (χ0n) is 11.9. The minimum atomic E-state index is -0.178. The Kier molecular flexibility index (Phi) is 3.78. The molecule has 0 spiro atoms. The monoisotopic (exact) mass is 263 g/mol. The number of likely N-dealkylation sites (tertiary alicyclic amines) is 1. The first-order chi connectivity index (χ1) is 8.93. The summed E-state index contributed by atoms with van der Waals surface area (Å²) in [5.41, 5.74) is 0.000233. The van der Waals surface area contributed by atoms with Gasteiger partial charge >= 0.3 is 0 Å².